The Kier molecular flexibility index (Phi) is 20.2. The smallest absolute Gasteiger partial charge is 0.395 e. The van der Waals surface area contributed by atoms with Gasteiger partial charge in [0.05, 0.1) is 0 Å². The van der Waals surface area contributed by atoms with Crippen molar-refractivity contribution < 1.29 is 22.1 Å². The first-order chi connectivity index (χ1) is 12.4. The van der Waals surface area contributed by atoms with Crippen LogP contribution in [0.3, 0.4) is 0 Å². The molecule has 0 aromatic heterocycles. The third-order valence-electron chi connectivity index (χ3n) is 3.51. The quantitative estimate of drug-likeness (QED) is 0.376. The molecule has 0 aromatic carbocycles. The van der Waals surface area contributed by atoms with Gasteiger partial charge in [0.1, 0.15) is 0 Å². The Balaban J connectivity index is 0. The molecule has 26 heavy (non-hydrogen) atoms. The first kappa shape index (κ1) is 28.4. The molecule has 0 saturated heterocycles. The average molecular weight is 413 g/mol. The number of rotatable bonds is 16. The predicted molar refractivity (Wildman–Crippen MR) is 112 cm³/mol. The SMILES string of the molecule is CCO[Si](C)(CCCN)OCC.CCO[Si](CCCN)(OCC)OCC. The summed E-state index contributed by atoms with van der Waals surface area (Å²) in [6, 6.07) is 1.82. The second-order valence-corrected chi connectivity index (χ2v) is 11.8. The highest BCUT2D eigenvalue weighted by molar-refractivity contribution is 6.66. The van der Waals surface area contributed by atoms with E-state index in [4.69, 9.17) is 33.6 Å². The van der Waals surface area contributed by atoms with Crippen molar-refractivity contribution in [1.29, 1.82) is 0 Å². The molecule has 4 N–H and O–H groups in total. The minimum absolute atomic E-state index is 0.636. The lowest BCUT2D eigenvalue weighted by molar-refractivity contribution is 0.0710. The molecule has 0 spiro atoms. The van der Waals surface area contributed by atoms with E-state index in [0.29, 0.717) is 26.4 Å². The fourth-order valence-corrected chi connectivity index (χ4v) is 7.62. The van der Waals surface area contributed by atoms with Gasteiger partial charge in [-0.05, 0) is 73.1 Å². The molecule has 0 aliphatic carbocycles. The molecular formula is C17H44N2O5Si2. The summed E-state index contributed by atoms with van der Waals surface area (Å²) in [7, 11) is -4.25. The molecule has 0 bridgehead atoms. The maximum absolute atomic E-state index is 5.65. The topological polar surface area (TPSA) is 98.2 Å². The van der Waals surface area contributed by atoms with Crippen LogP contribution in [0.2, 0.25) is 18.6 Å². The Morgan fingerprint density at radius 1 is 0.577 bits per heavy atom. The van der Waals surface area contributed by atoms with Gasteiger partial charge in [-0.3, -0.25) is 0 Å². The van der Waals surface area contributed by atoms with Crippen LogP contribution in [-0.2, 0) is 22.1 Å². The maximum atomic E-state index is 5.65. The molecule has 0 unspecified atom stereocenters. The lowest BCUT2D eigenvalue weighted by atomic mass is 10.5. The van der Waals surface area contributed by atoms with Gasteiger partial charge in [-0.1, -0.05) is 0 Å². The van der Waals surface area contributed by atoms with Gasteiger partial charge in [0.2, 0.25) is 0 Å². The van der Waals surface area contributed by atoms with E-state index in [1.165, 1.54) is 0 Å². The predicted octanol–water partition coefficient (Wildman–Crippen LogP) is 2.86. The summed E-state index contributed by atoms with van der Waals surface area (Å²) in [5.74, 6) is 0. The van der Waals surface area contributed by atoms with Crippen LogP contribution < -0.4 is 11.5 Å². The van der Waals surface area contributed by atoms with E-state index in [1.807, 2.05) is 34.6 Å². The van der Waals surface area contributed by atoms with Crippen molar-refractivity contribution in [3.8, 4) is 0 Å². The Bertz CT molecular complexity index is 279. The second-order valence-electron chi connectivity index (χ2n) is 5.77. The molecule has 7 nitrogen and oxygen atoms in total. The van der Waals surface area contributed by atoms with Crippen LogP contribution in [0.15, 0.2) is 0 Å². The Hall–Kier alpha value is 0.154. The molecule has 160 valence electrons. The summed E-state index contributed by atoms with van der Waals surface area (Å²) in [6.07, 6.45) is 1.90. The van der Waals surface area contributed by atoms with E-state index in [2.05, 4.69) is 6.55 Å². The van der Waals surface area contributed by atoms with E-state index in [0.717, 1.165) is 44.7 Å². The molecule has 0 fully saturated rings. The van der Waals surface area contributed by atoms with E-state index >= 15 is 0 Å². The number of nitrogens with two attached hydrogens (primary N) is 2. The monoisotopic (exact) mass is 412 g/mol. The highest BCUT2D eigenvalue weighted by Gasteiger charge is 2.39. The minimum atomic E-state index is -2.40. The van der Waals surface area contributed by atoms with Crippen molar-refractivity contribution >= 4 is 17.4 Å². The molecule has 0 radical (unpaired) electrons. The first-order valence-corrected chi connectivity index (χ1v) is 14.5. The van der Waals surface area contributed by atoms with Gasteiger partial charge in [0.25, 0.3) is 0 Å². The van der Waals surface area contributed by atoms with Crippen LogP contribution in [0.4, 0.5) is 0 Å². The largest absolute Gasteiger partial charge is 0.500 e. The summed E-state index contributed by atoms with van der Waals surface area (Å²) in [4.78, 5) is 0. The third-order valence-corrected chi connectivity index (χ3v) is 9.73. The summed E-state index contributed by atoms with van der Waals surface area (Å²) in [5.41, 5.74) is 10.9. The fourth-order valence-electron chi connectivity index (χ4n) is 2.54. The Morgan fingerprint density at radius 3 is 1.23 bits per heavy atom. The summed E-state index contributed by atoms with van der Waals surface area (Å²) < 4.78 is 28.2. The maximum Gasteiger partial charge on any atom is 0.500 e. The van der Waals surface area contributed by atoms with Gasteiger partial charge in [0, 0.05) is 39.1 Å². The Labute approximate surface area is 163 Å². The second kappa shape index (κ2) is 18.5. The van der Waals surface area contributed by atoms with E-state index < -0.39 is 17.4 Å². The molecule has 0 heterocycles. The number of hydrogen-bond donors (Lipinski definition) is 2. The molecule has 0 saturated carbocycles. The first-order valence-electron chi connectivity index (χ1n) is 10.0. The summed E-state index contributed by atoms with van der Waals surface area (Å²) in [5, 5.41) is 0. The van der Waals surface area contributed by atoms with Gasteiger partial charge in [-0.2, -0.15) is 0 Å². The molecule has 9 heteroatoms. The average Bonchev–Trinajstić information content (AvgIpc) is 2.60. The third kappa shape index (κ3) is 14.2. The van der Waals surface area contributed by atoms with Crippen molar-refractivity contribution in [3.63, 3.8) is 0 Å². The van der Waals surface area contributed by atoms with Crippen LogP contribution >= 0.6 is 0 Å². The molecular weight excluding hydrogens is 368 g/mol. The molecule has 0 aliphatic rings. The highest BCUT2D eigenvalue weighted by atomic mass is 28.4. The molecule has 0 amide bonds. The van der Waals surface area contributed by atoms with Gasteiger partial charge in [-0.15, -0.1) is 0 Å². The van der Waals surface area contributed by atoms with Crippen molar-refractivity contribution in [2.45, 2.75) is 66.1 Å². The van der Waals surface area contributed by atoms with Crippen LogP contribution in [0.5, 0.6) is 0 Å². The molecule has 0 rings (SSSR count). The van der Waals surface area contributed by atoms with Crippen molar-refractivity contribution in [2.75, 3.05) is 46.1 Å². The minimum Gasteiger partial charge on any atom is -0.395 e. The van der Waals surface area contributed by atoms with Gasteiger partial charge < -0.3 is 33.6 Å². The van der Waals surface area contributed by atoms with Crippen LogP contribution in [-0.4, -0.2) is 63.5 Å². The summed E-state index contributed by atoms with van der Waals surface area (Å²) >= 11 is 0. The summed E-state index contributed by atoms with van der Waals surface area (Å²) in [6.45, 7) is 16.8. The molecule has 0 aromatic rings. The van der Waals surface area contributed by atoms with E-state index in [1.54, 1.807) is 0 Å². The zero-order chi connectivity index (χ0) is 20.3. The molecule has 0 aliphatic heterocycles. The normalized spacial score (nSPS) is 12.0. The number of hydrogen-bond acceptors (Lipinski definition) is 7. The van der Waals surface area contributed by atoms with Crippen molar-refractivity contribution in [3.05, 3.63) is 0 Å². The molecule has 0 atom stereocenters. The standard InChI is InChI=1S/C9H23NO3Si.C8H21NO2Si/c1-4-11-14(12-5-2,13-6-3)9-7-8-10;1-4-10-12(3,11-5-2)8-6-7-9/h4-10H2,1-3H3;4-9H2,1-3H3. The van der Waals surface area contributed by atoms with E-state index in [-0.39, 0.29) is 0 Å². The van der Waals surface area contributed by atoms with Crippen molar-refractivity contribution in [1.82, 2.24) is 0 Å². The zero-order valence-corrected chi connectivity index (χ0v) is 20.0. The van der Waals surface area contributed by atoms with Gasteiger partial charge in [0.15, 0.2) is 0 Å². The lowest BCUT2D eigenvalue weighted by Gasteiger charge is -2.28. The van der Waals surface area contributed by atoms with Crippen LogP contribution in [0.1, 0.15) is 47.5 Å². The van der Waals surface area contributed by atoms with Gasteiger partial charge >= 0.3 is 17.4 Å². The lowest BCUT2D eigenvalue weighted by Crippen LogP contribution is -2.46. The fraction of sp³-hybridized carbons (Fsp3) is 1.00. The van der Waals surface area contributed by atoms with Crippen LogP contribution in [0, 0.1) is 0 Å². The zero-order valence-electron chi connectivity index (χ0n) is 18.0. The van der Waals surface area contributed by atoms with Gasteiger partial charge in [-0.25, -0.2) is 0 Å². The van der Waals surface area contributed by atoms with E-state index in [9.17, 15) is 0 Å². The van der Waals surface area contributed by atoms with Crippen molar-refractivity contribution in [2.24, 2.45) is 11.5 Å². The highest BCUT2D eigenvalue weighted by Crippen LogP contribution is 2.17. The van der Waals surface area contributed by atoms with Crippen LogP contribution in [0.25, 0.3) is 0 Å². The Morgan fingerprint density at radius 2 is 0.923 bits per heavy atom.